The van der Waals surface area contributed by atoms with Crippen LogP contribution < -0.4 is 5.73 Å². The Labute approximate surface area is 555 Å². The van der Waals surface area contributed by atoms with Gasteiger partial charge in [0.1, 0.15) is 12.2 Å². The van der Waals surface area contributed by atoms with E-state index in [1.807, 2.05) is 0 Å². The summed E-state index contributed by atoms with van der Waals surface area (Å²) in [4.78, 5) is 39.8. The zero-order valence-electron chi connectivity index (χ0n) is 58.1. The molecule has 2 aliphatic heterocycles. The van der Waals surface area contributed by atoms with Crippen molar-refractivity contribution in [1.82, 2.24) is 0 Å². The Hall–Kier alpha value is 0.950. The van der Waals surface area contributed by atoms with Crippen molar-refractivity contribution >= 4 is 68.1 Å². The number of thiol groups is 1. The lowest BCUT2D eigenvalue weighted by Crippen LogP contribution is -2.28. The molecule has 0 aliphatic carbocycles. The number of hydrogen-bond donors (Lipinski definition) is 6. The predicted molar refractivity (Wildman–Crippen MR) is 393 cm³/mol. The summed E-state index contributed by atoms with van der Waals surface area (Å²) in [5, 5.41) is 0. The molecule has 2 fully saturated rings. The van der Waals surface area contributed by atoms with Crippen LogP contribution in [0.1, 0.15) is 328 Å². The lowest BCUT2D eigenvalue weighted by molar-refractivity contribution is 0.00846. The second-order valence-electron chi connectivity index (χ2n) is 25.3. The van der Waals surface area contributed by atoms with E-state index in [2.05, 4.69) is 51.7 Å². The average Bonchev–Trinajstić information content (AvgIpc) is 3.15. The molecule has 6 N–H and O–H groups in total. The van der Waals surface area contributed by atoms with E-state index in [1.165, 1.54) is 265 Å². The highest BCUT2D eigenvalue weighted by Gasteiger charge is 2.35. The van der Waals surface area contributed by atoms with E-state index in [-0.39, 0.29) is 13.2 Å². The summed E-state index contributed by atoms with van der Waals surface area (Å²) in [6.07, 6.45) is 79.5. The highest BCUT2D eigenvalue weighted by molar-refractivity contribution is 7.80. The third-order valence-corrected chi connectivity index (χ3v) is 21.7. The topological polar surface area (TPSA) is 199 Å². The van der Waals surface area contributed by atoms with Crippen LogP contribution in [0.2, 0.25) is 0 Å². The zero-order valence-corrected chi connectivity index (χ0v) is 62.6. The fraction of sp³-hybridized carbons (Fsp3) is 0.942. The van der Waals surface area contributed by atoms with Crippen LogP contribution in [-0.2, 0) is 45.7 Å². The molecule has 15 nitrogen and oxygen atoms in total. The first-order valence-electron chi connectivity index (χ1n) is 36.5. The van der Waals surface area contributed by atoms with E-state index >= 15 is 0 Å². The van der Waals surface area contributed by atoms with Gasteiger partial charge < -0.3 is 71.0 Å². The molecule has 0 aromatic heterocycles. The Balaban J connectivity index is 0.00000138. The highest BCUT2D eigenvalue weighted by Crippen LogP contribution is 2.49. The van der Waals surface area contributed by atoms with Crippen LogP contribution in [0.15, 0.2) is 0 Å². The minimum absolute atomic E-state index is 0.0609. The Morgan fingerprint density at radius 3 is 0.910 bits per heavy atom. The van der Waals surface area contributed by atoms with E-state index in [4.69, 9.17) is 51.4 Å². The summed E-state index contributed by atoms with van der Waals surface area (Å²) in [6, 6.07) is 0. The average molecular weight is 1370 g/mol. The van der Waals surface area contributed by atoms with Gasteiger partial charge in [0.2, 0.25) is 30.3 Å². The first-order valence-corrected chi connectivity index (χ1v) is 44.1. The molecule has 2 aliphatic rings. The molecule has 20 heteroatoms. The van der Waals surface area contributed by atoms with E-state index in [0.29, 0.717) is 45.8 Å². The van der Waals surface area contributed by atoms with Crippen molar-refractivity contribution in [3.05, 3.63) is 0 Å². The van der Waals surface area contributed by atoms with Gasteiger partial charge in [-0.1, -0.05) is 290 Å². The largest absolute Gasteiger partial charge is 0.373 e. The standard InChI is InChI=1S/C41H84.C14H31NO7P2.C14H30O7P2S/c1-3-5-7-9-11-13-15-17-19-21-23-25-27-29-31-33-35-37-39-41-40-38-36-34-32-30-28-26-24-22-20-18-16-14-12-10-8-6-4-2;1-18-23(2,16)21-12-14-13(8-11-19-14)22-24(3,17)20-10-7-5-4-6-9-15;1-17-22(2,15)21-13-8-10-18-14(13)12-20-23(3,16)19-9-6-4-5-7-11-24/h3-41H2,1-2H3;13-14,16-17H,2-12,15H2,1H3;13-16,24H,2-12H2,1H3. The number of ether oxygens (including phenoxy) is 2. The SMILES string of the molecule is C=P(O)(OC)OCC1OCCC1OP(=C)(O)OCCCCCCN.C=P(O)(OCCCCCCS)OCC1OCCC1OP(=C)(O)OC.CCCCCCCCCCCCCCCCCCCCCCCCCCCCCCCCCCCCCCCCC. The maximum absolute atomic E-state index is 10.2. The van der Waals surface area contributed by atoms with E-state index in [9.17, 15) is 19.6 Å². The van der Waals surface area contributed by atoms with E-state index < -0.39 is 54.7 Å². The number of rotatable bonds is 64. The van der Waals surface area contributed by atoms with Crippen LogP contribution in [0.4, 0.5) is 0 Å². The van der Waals surface area contributed by atoms with Crippen LogP contribution in [0.3, 0.4) is 0 Å². The van der Waals surface area contributed by atoms with Gasteiger partial charge in [-0.25, -0.2) is 0 Å². The molecular weight excluding hydrogens is 1220 g/mol. The summed E-state index contributed by atoms with van der Waals surface area (Å²) in [6.45, 7) is 7.18. The van der Waals surface area contributed by atoms with Crippen molar-refractivity contribution in [1.29, 1.82) is 0 Å². The number of unbranched alkanes of at least 4 members (excludes halogenated alkanes) is 44. The van der Waals surface area contributed by atoms with Crippen molar-refractivity contribution in [3.8, 4) is 0 Å². The van der Waals surface area contributed by atoms with Crippen molar-refractivity contribution in [2.24, 2.45) is 5.73 Å². The van der Waals surface area contributed by atoms with Crippen LogP contribution in [-0.4, -0.2) is 135 Å². The van der Waals surface area contributed by atoms with Crippen LogP contribution >= 0.6 is 42.9 Å². The van der Waals surface area contributed by atoms with Gasteiger partial charge in [0, 0.05) is 40.3 Å². The van der Waals surface area contributed by atoms with Gasteiger partial charge in [-0.3, -0.25) is 0 Å². The molecule has 89 heavy (non-hydrogen) atoms. The molecule has 0 saturated carbocycles. The molecule has 2 rings (SSSR count). The molecule has 0 amide bonds. The number of hydrogen-bond acceptors (Lipinski definition) is 16. The summed E-state index contributed by atoms with van der Waals surface area (Å²) >= 11 is 4.16. The highest BCUT2D eigenvalue weighted by atomic mass is 32.1. The number of nitrogens with two attached hydrogens (primary N) is 1. The molecule has 0 bridgehead atoms. The summed E-state index contributed by atoms with van der Waals surface area (Å²) in [7, 11) is -9.81. The molecule has 2 saturated heterocycles. The van der Waals surface area contributed by atoms with Gasteiger partial charge in [-0.2, -0.15) is 12.6 Å². The van der Waals surface area contributed by atoms with Crippen LogP contribution in [0.5, 0.6) is 0 Å². The van der Waals surface area contributed by atoms with Gasteiger partial charge in [0.25, 0.3) is 0 Å². The molecule has 0 aromatic rings. The maximum Gasteiger partial charge on any atom is 0.248 e. The summed E-state index contributed by atoms with van der Waals surface area (Å²) in [5.41, 5.74) is 5.43. The Bertz CT molecular complexity index is 1670. The predicted octanol–water partition coefficient (Wildman–Crippen LogP) is 20.7. The monoisotopic (exact) mass is 1370 g/mol. The lowest BCUT2D eigenvalue weighted by Gasteiger charge is -2.26. The third-order valence-electron chi connectivity index (χ3n) is 16.8. The molecular formula is C69H145NO14P4S. The second-order valence-corrected chi connectivity index (χ2v) is 33.0. The van der Waals surface area contributed by atoms with E-state index in [1.54, 1.807) is 0 Å². The van der Waals surface area contributed by atoms with Gasteiger partial charge >= 0.3 is 0 Å². The Morgan fingerprint density at radius 2 is 0.618 bits per heavy atom. The quantitative estimate of drug-likeness (QED) is 0.0191. The van der Waals surface area contributed by atoms with Crippen molar-refractivity contribution < 1.29 is 65.2 Å². The summed E-state index contributed by atoms with van der Waals surface area (Å²) in [5.74, 6) is 0.884. The van der Waals surface area contributed by atoms with E-state index in [0.717, 1.165) is 57.1 Å². The third kappa shape index (κ3) is 61.1. The lowest BCUT2D eigenvalue weighted by atomic mass is 10.0. The zero-order chi connectivity index (χ0) is 65.7. The van der Waals surface area contributed by atoms with Gasteiger partial charge in [0.15, 0.2) is 0 Å². The molecule has 0 aromatic carbocycles. The van der Waals surface area contributed by atoms with Crippen molar-refractivity contribution in [2.45, 2.75) is 353 Å². The fourth-order valence-corrected chi connectivity index (χ4v) is 14.5. The van der Waals surface area contributed by atoms with Gasteiger partial charge in [-0.05, 0) is 63.2 Å². The molecule has 8 atom stereocenters. The normalized spacial score (nSPS) is 19.4. The minimum Gasteiger partial charge on any atom is -0.373 e. The molecule has 0 radical (unpaired) electrons. The van der Waals surface area contributed by atoms with Crippen LogP contribution in [0.25, 0.3) is 0 Å². The van der Waals surface area contributed by atoms with Crippen molar-refractivity contribution in [2.75, 3.05) is 66.2 Å². The smallest absolute Gasteiger partial charge is 0.248 e. The first kappa shape index (κ1) is 90.0. The minimum atomic E-state index is -3.17. The molecule has 8 unspecified atom stereocenters. The fourth-order valence-electron chi connectivity index (χ4n) is 11.0. The Morgan fingerprint density at radius 1 is 0.360 bits per heavy atom. The molecule has 0 spiro atoms. The van der Waals surface area contributed by atoms with Gasteiger partial charge in [0.05, 0.1) is 38.6 Å². The second kappa shape index (κ2) is 63.7. The van der Waals surface area contributed by atoms with Crippen molar-refractivity contribution in [3.63, 3.8) is 0 Å². The van der Waals surface area contributed by atoms with Gasteiger partial charge in [-0.15, -0.1) is 0 Å². The first-order chi connectivity index (χ1) is 43.0. The Kier molecular flexibility index (Phi) is 64.4. The maximum atomic E-state index is 10.2. The molecule has 2 heterocycles. The molecule has 536 valence electrons. The van der Waals surface area contributed by atoms with Crippen LogP contribution in [0, 0.1) is 0 Å². The summed E-state index contributed by atoms with van der Waals surface area (Å²) < 4.78 is 53.1.